The molecule has 1 aromatic heterocycles. The molecule has 2 aromatic rings. The van der Waals surface area contributed by atoms with Crippen molar-refractivity contribution in [1.29, 1.82) is 5.26 Å². The van der Waals surface area contributed by atoms with Crippen molar-refractivity contribution in [3.05, 3.63) is 35.7 Å². The van der Waals surface area contributed by atoms with E-state index in [0.717, 1.165) is 18.5 Å². The molecule has 7 nitrogen and oxygen atoms in total. The third-order valence-electron chi connectivity index (χ3n) is 4.72. The van der Waals surface area contributed by atoms with Crippen LogP contribution in [-0.2, 0) is 10.3 Å². The van der Waals surface area contributed by atoms with E-state index in [1.165, 1.54) is 0 Å². The standard InChI is InChI=1S/C19H24N6O/c1-13-8-19(12-21-10-13,24-16(26)11-25(2)3)15-5-4-14(9-20)17-18(15)23-7-6-22-17/h4-7,13,21H,8,10-12H2,1-3H3,(H,24,26)/t13-,19-/m0/s1. The summed E-state index contributed by atoms with van der Waals surface area (Å²) in [7, 11) is 3.74. The zero-order valence-electron chi connectivity index (χ0n) is 15.4. The van der Waals surface area contributed by atoms with Crippen LogP contribution in [0.4, 0.5) is 0 Å². The fourth-order valence-corrected chi connectivity index (χ4v) is 3.77. The van der Waals surface area contributed by atoms with Gasteiger partial charge >= 0.3 is 0 Å². The first-order valence-corrected chi connectivity index (χ1v) is 8.76. The smallest absolute Gasteiger partial charge is 0.234 e. The Morgan fingerprint density at radius 2 is 2.12 bits per heavy atom. The number of hydrogen-bond donors (Lipinski definition) is 2. The molecule has 1 saturated heterocycles. The summed E-state index contributed by atoms with van der Waals surface area (Å²) in [5.41, 5.74) is 2.07. The number of carbonyl (C=O) groups is 1. The number of benzene rings is 1. The highest BCUT2D eigenvalue weighted by Crippen LogP contribution is 2.35. The van der Waals surface area contributed by atoms with Gasteiger partial charge in [-0.2, -0.15) is 5.26 Å². The van der Waals surface area contributed by atoms with Gasteiger partial charge in [-0.1, -0.05) is 13.0 Å². The molecule has 0 radical (unpaired) electrons. The Morgan fingerprint density at radius 3 is 2.77 bits per heavy atom. The van der Waals surface area contributed by atoms with Crippen LogP contribution in [0.15, 0.2) is 24.5 Å². The topological polar surface area (TPSA) is 93.9 Å². The molecule has 26 heavy (non-hydrogen) atoms. The van der Waals surface area contributed by atoms with E-state index in [4.69, 9.17) is 0 Å². The van der Waals surface area contributed by atoms with Crippen molar-refractivity contribution in [2.45, 2.75) is 18.9 Å². The number of amides is 1. The Balaban J connectivity index is 2.12. The van der Waals surface area contributed by atoms with Crippen molar-refractivity contribution in [3.8, 4) is 6.07 Å². The molecule has 136 valence electrons. The molecule has 2 atom stereocenters. The van der Waals surface area contributed by atoms with Crippen LogP contribution >= 0.6 is 0 Å². The highest BCUT2D eigenvalue weighted by molar-refractivity contribution is 5.86. The molecular formula is C19H24N6O. The van der Waals surface area contributed by atoms with Gasteiger partial charge in [0.25, 0.3) is 0 Å². The van der Waals surface area contributed by atoms with Crippen LogP contribution in [0.25, 0.3) is 11.0 Å². The van der Waals surface area contributed by atoms with Gasteiger partial charge in [-0.3, -0.25) is 14.8 Å². The molecule has 3 rings (SSSR count). The summed E-state index contributed by atoms with van der Waals surface area (Å²) in [6.45, 7) is 4.01. The number of nitrogens with zero attached hydrogens (tertiary/aromatic N) is 4. The molecule has 0 bridgehead atoms. The Labute approximate surface area is 153 Å². The summed E-state index contributed by atoms with van der Waals surface area (Å²) in [5, 5.41) is 16.1. The number of likely N-dealkylation sites (N-methyl/N-ethyl adjacent to an activating group) is 1. The minimum atomic E-state index is -0.576. The number of carbonyl (C=O) groups excluding carboxylic acids is 1. The van der Waals surface area contributed by atoms with Gasteiger partial charge in [0.1, 0.15) is 11.6 Å². The number of piperidine rings is 1. The minimum absolute atomic E-state index is 0.0349. The monoisotopic (exact) mass is 352 g/mol. The fourth-order valence-electron chi connectivity index (χ4n) is 3.77. The first-order valence-electron chi connectivity index (χ1n) is 8.76. The Bertz CT molecular complexity index is 859. The van der Waals surface area contributed by atoms with Crippen molar-refractivity contribution in [2.24, 2.45) is 5.92 Å². The van der Waals surface area contributed by atoms with E-state index >= 15 is 0 Å². The molecule has 0 saturated carbocycles. The number of hydrogen-bond acceptors (Lipinski definition) is 6. The first-order chi connectivity index (χ1) is 12.4. The van der Waals surface area contributed by atoms with Crippen LogP contribution in [0.1, 0.15) is 24.5 Å². The number of aromatic nitrogens is 2. The van der Waals surface area contributed by atoms with E-state index in [0.29, 0.717) is 35.6 Å². The van der Waals surface area contributed by atoms with Crippen molar-refractivity contribution < 1.29 is 4.79 Å². The average Bonchev–Trinajstić information content (AvgIpc) is 2.59. The van der Waals surface area contributed by atoms with Crippen molar-refractivity contribution in [3.63, 3.8) is 0 Å². The quantitative estimate of drug-likeness (QED) is 0.853. The highest BCUT2D eigenvalue weighted by Gasteiger charge is 2.39. The Hall–Kier alpha value is -2.56. The van der Waals surface area contributed by atoms with E-state index in [2.05, 4.69) is 33.6 Å². The lowest BCUT2D eigenvalue weighted by Crippen LogP contribution is -2.58. The molecule has 1 aliphatic heterocycles. The van der Waals surface area contributed by atoms with Gasteiger partial charge in [-0.25, -0.2) is 0 Å². The number of nitriles is 1. The predicted molar refractivity (Wildman–Crippen MR) is 99.3 cm³/mol. The maximum absolute atomic E-state index is 12.6. The lowest BCUT2D eigenvalue weighted by molar-refractivity contribution is -0.124. The van der Waals surface area contributed by atoms with E-state index in [1.54, 1.807) is 18.5 Å². The molecule has 1 fully saturated rings. The van der Waals surface area contributed by atoms with Gasteiger partial charge in [0.05, 0.1) is 23.2 Å². The number of nitrogens with one attached hydrogen (secondary N) is 2. The zero-order chi connectivity index (χ0) is 18.7. The summed E-state index contributed by atoms with van der Waals surface area (Å²) in [6.07, 6.45) is 4.02. The summed E-state index contributed by atoms with van der Waals surface area (Å²) in [6, 6.07) is 5.85. The largest absolute Gasteiger partial charge is 0.344 e. The maximum atomic E-state index is 12.6. The Kier molecular flexibility index (Phi) is 5.16. The van der Waals surface area contributed by atoms with E-state index in [9.17, 15) is 10.1 Å². The molecule has 1 amide bonds. The molecule has 2 heterocycles. The first kappa shape index (κ1) is 18.2. The Morgan fingerprint density at radius 1 is 1.38 bits per heavy atom. The van der Waals surface area contributed by atoms with Crippen molar-refractivity contribution >= 4 is 16.9 Å². The second-order valence-corrected chi connectivity index (χ2v) is 7.33. The number of rotatable bonds is 4. The van der Waals surface area contributed by atoms with E-state index in [-0.39, 0.29) is 5.91 Å². The van der Waals surface area contributed by atoms with Crippen LogP contribution in [0.5, 0.6) is 0 Å². The van der Waals surface area contributed by atoms with E-state index in [1.807, 2.05) is 25.1 Å². The van der Waals surface area contributed by atoms with Crippen molar-refractivity contribution in [1.82, 2.24) is 25.5 Å². The normalized spacial score (nSPS) is 23.0. The van der Waals surface area contributed by atoms with Crippen molar-refractivity contribution in [2.75, 3.05) is 33.7 Å². The van der Waals surface area contributed by atoms with Crippen LogP contribution in [-0.4, -0.2) is 54.5 Å². The van der Waals surface area contributed by atoms with Crippen LogP contribution in [0.3, 0.4) is 0 Å². The molecule has 7 heteroatoms. The molecule has 0 spiro atoms. The summed E-state index contributed by atoms with van der Waals surface area (Å²) < 4.78 is 0. The molecule has 0 unspecified atom stereocenters. The minimum Gasteiger partial charge on any atom is -0.344 e. The summed E-state index contributed by atoms with van der Waals surface area (Å²) >= 11 is 0. The third kappa shape index (κ3) is 3.52. The van der Waals surface area contributed by atoms with Gasteiger partial charge in [-0.15, -0.1) is 0 Å². The summed E-state index contributed by atoms with van der Waals surface area (Å²) in [4.78, 5) is 23.3. The predicted octanol–water partition coefficient (Wildman–Crippen LogP) is 1.00. The molecule has 2 N–H and O–H groups in total. The zero-order valence-corrected chi connectivity index (χ0v) is 15.4. The van der Waals surface area contributed by atoms with Crippen LogP contribution in [0, 0.1) is 17.2 Å². The van der Waals surface area contributed by atoms with Gasteiger partial charge in [0.2, 0.25) is 5.91 Å². The second-order valence-electron chi connectivity index (χ2n) is 7.33. The fraction of sp³-hybridized carbons (Fsp3) is 0.474. The third-order valence-corrected chi connectivity index (χ3v) is 4.72. The van der Waals surface area contributed by atoms with Gasteiger partial charge in [-0.05, 0) is 39.0 Å². The maximum Gasteiger partial charge on any atom is 0.234 e. The van der Waals surface area contributed by atoms with Gasteiger partial charge in [0, 0.05) is 24.5 Å². The molecule has 1 aliphatic rings. The van der Waals surface area contributed by atoms with Gasteiger partial charge < -0.3 is 15.5 Å². The second kappa shape index (κ2) is 7.36. The lowest BCUT2D eigenvalue weighted by Gasteiger charge is -2.42. The summed E-state index contributed by atoms with van der Waals surface area (Å²) in [5.74, 6) is 0.359. The molecule has 1 aromatic carbocycles. The van der Waals surface area contributed by atoms with Gasteiger partial charge in [0.15, 0.2) is 0 Å². The number of fused-ring (bicyclic) bond motifs is 1. The van der Waals surface area contributed by atoms with Crippen LogP contribution in [0.2, 0.25) is 0 Å². The molecular weight excluding hydrogens is 328 g/mol. The lowest BCUT2D eigenvalue weighted by atomic mass is 9.78. The highest BCUT2D eigenvalue weighted by atomic mass is 16.2. The van der Waals surface area contributed by atoms with Crippen LogP contribution < -0.4 is 10.6 Å². The average molecular weight is 352 g/mol. The van der Waals surface area contributed by atoms with E-state index < -0.39 is 5.54 Å². The SMILES string of the molecule is C[C@@H]1CNC[C@](NC(=O)CN(C)C)(c2ccc(C#N)c3nccnc23)C1. The molecule has 0 aliphatic carbocycles.